The summed E-state index contributed by atoms with van der Waals surface area (Å²) in [4.78, 5) is 0. The Morgan fingerprint density at radius 3 is 2.56 bits per heavy atom. The second-order valence-corrected chi connectivity index (χ2v) is 3.20. The molecule has 0 bridgehead atoms. The molecule has 1 heterocycles. The second kappa shape index (κ2) is 4.14. The van der Waals surface area contributed by atoms with E-state index in [-0.39, 0.29) is 0 Å². The molecule has 84 valence electrons. The number of ether oxygens (including phenoxy) is 2. The van der Waals surface area contributed by atoms with Crippen molar-refractivity contribution in [3.05, 3.63) is 30.3 Å². The van der Waals surface area contributed by atoms with Crippen LogP contribution in [0.25, 0.3) is 5.69 Å². The molecule has 2 N–H and O–H groups in total. The molecule has 5 heteroatoms. The van der Waals surface area contributed by atoms with Crippen molar-refractivity contribution in [1.82, 2.24) is 9.78 Å². The highest BCUT2D eigenvalue weighted by atomic mass is 16.5. The van der Waals surface area contributed by atoms with Gasteiger partial charge in [-0.15, -0.1) is 5.10 Å². The zero-order valence-electron chi connectivity index (χ0n) is 9.18. The first-order valence-electron chi connectivity index (χ1n) is 4.79. The van der Waals surface area contributed by atoms with Crippen LogP contribution in [0.2, 0.25) is 0 Å². The molecule has 1 aromatic heterocycles. The zero-order valence-corrected chi connectivity index (χ0v) is 9.18. The first-order chi connectivity index (χ1) is 7.76. The van der Waals surface area contributed by atoms with E-state index in [1.165, 1.54) is 0 Å². The summed E-state index contributed by atoms with van der Waals surface area (Å²) in [6.07, 6.45) is 0. The van der Waals surface area contributed by atoms with Crippen molar-refractivity contribution < 1.29 is 9.47 Å². The number of nitrogens with zero attached hydrogens (tertiary/aromatic N) is 2. The molecule has 5 nitrogen and oxygen atoms in total. The zero-order chi connectivity index (χ0) is 11.5. The van der Waals surface area contributed by atoms with Crippen LogP contribution in [-0.4, -0.2) is 24.0 Å². The Morgan fingerprint density at radius 2 is 1.94 bits per heavy atom. The number of benzene rings is 1. The summed E-state index contributed by atoms with van der Waals surface area (Å²) < 4.78 is 11.8. The largest absolute Gasteiger partial charge is 0.494 e. The molecule has 2 aromatic rings. The van der Waals surface area contributed by atoms with E-state index < -0.39 is 0 Å². The minimum atomic E-state index is 0.475. The fourth-order valence-corrected chi connectivity index (χ4v) is 1.47. The number of para-hydroxylation sites is 2. The Hall–Kier alpha value is -2.17. The summed E-state index contributed by atoms with van der Waals surface area (Å²) in [5.41, 5.74) is 6.62. The highest BCUT2D eigenvalue weighted by molar-refractivity contribution is 5.52. The molecule has 0 radical (unpaired) electrons. The molecule has 0 aliphatic carbocycles. The molecule has 0 fully saturated rings. The van der Waals surface area contributed by atoms with E-state index in [2.05, 4.69) is 5.10 Å². The van der Waals surface area contributed by atoms with E-state index in [0.717, 1.165) is 5.69 Å². The first kappa shape index (κ1) is 10.4. The Kier molecular flexibility index (Phi) is 2.68. The molecule has 0 unspecified atom stereocenters. The molecule has 0 aliphatic rings. The van der Waals surface area contributed by atoms with Gasteiger partial charge in [0.1, 0.15) is 17.3 Å². The third-order valence-electron chi connectivity index (χ3n) is 2.24. The van der Waals surface area contributed by atoms with Crippen LogP contribution in [-0.2, 0) is 0 Å². The maximum atomic E-state index is 5.84. The molecule has 1 aromatic carbocycles. The Labute approximate surface area is 93.4 Å². The molecule has 0 saturated carbocycles. The van der Waals surface area contributed by atoms with Gasteiger partial charge in [0.05, 0.1) is 14.2 Å². The van der Waals surface area contributed by atoms with Crippen LogP contribution < -0.4 is 15.2 Å². The van der Waals surface area contributed by atoms with Crippen molar-refractivity contribution in [2.75, 3.05) is 20.0 Å². The molecular weight excluding hydrogens is 206 g/mol. The predicted octanol–water partition coefficient (Wildman–Crippen LogP) is 1.47. The summed E-state index contributed by atoms with van der Waals surface area (Å²) in [5.74, 6) is 1.68. The minimum Gasteiger partial charge on any atom is -0.494 e. The van der Waals surface area contributed by atoms with E-state index >= 15 is 0 Å². The Bertz CT molecular complexity index is 494. The quantitative estimate of drug-likeness (QED) is 0.849. The summed E-state index contributed by atoms with van der Waals surface area (Å²) >= 11 is 0. The summed E-state index contributed by atoms with van der Waals surface area (Å²) in [5, 5.41) is 4.20. The molecule has 0 atom stereocenters. The molecule has 0 aliphatic heterocycles. The van der Waals surface area contributed by atoms with Crippen molar-refractivity contribution in [2.45, 2.75) is 0 Å². The highest BCUT2D eigenvalue weighted by Crippen LogP contribution is 2.25. The van der Waals surface area contributed by atoms with Crippen molar-refractivity contribution in [3.63, 3.8) is 0 Å². The molecule has 0 spiro atoms. The smallest absolute Gasteiger partial charge is 0.235 e. The lowest BCUT2D eigenvalue weighted by Crippen LogP contribution is -2.03. The molecule has 2 rings (SSSR count). The van der Waals surface area contributed by atoms with Crippen LogP contribution in [0.15, 0.2) is 30.3 Å². The van der Waals surface area contributed by atoms with Gasteiger partial charge in [-0.25, -0.2) is 4.68 Å². The van der Waals surface area contributed by atoms with Gasteiger partial charge in [-0.2, -0.15) is 0 Å². The van der Waals surface area contributed by atoms with E-state index in [0.29, 0.717) is 17.4 Å². The van der Waals surface area contributed by atoms with Gasteiger partial charge in [-0.1, -0.05) is 12.1 Å². The highest BCUT2D eigenvalue weighted by Gasteiger charge is 2.10. The lowest BCUT2D eigenvalue weighted by atomic mass is 10.3. The monoisotopic (exact) mass is 219 g/mol. The normalized spacial score (nSPS) is 10.1. The van der Waals surface area contributed by atoms with Crippen LogP contribution in [0, 0.1) is 0 Å². The molecule has 16 heavy (non-hydrogen) atoms. The Morgan fingerprint density at radius 1 is 1.19 bits per heavy atom. The maximum Gasteiger partial charge on any atom is 0.235 e. The van der Waals surface area contributed by atoms with Crippen molar-refractivity contribution in [2.24, 2.45) is 0 Å². The number of aromatic nitrogens is 2. The lowest BCUT2D eigenvalue weighted by molar-refractivity contribution is 0.391. The van der Waals surface area contributed by atoms with Crippen LogP contribution in [0.1, 0.15) is 0 Å². The SMILES string of the molecule is COc1cc(N)n(-c2ccccc2OC)n1. The van der Waals surface area contributed by atoms with Crippen LogP contribution in [0.3, 0.4) is 0 Å². The third kappa shape index (κ3) is 1.67. The molecule has 0 saturated heterocycles. The number of nitrogen functional groups attached to an aromatic ring is 1. The lowest BCUT2D eigenvalue weighted by Gasteiger charge is -2.08. The average molecular weight is 219 g/mol. The number of methoxy groups -OCH3 is 2. The van der Waals surface area contributed by atoms with E-state index in [1.54, 1.807) is 25.0 Å². The number of nitrogens with two attached hydrogens (primary N) is 1. The van der Waals surface area contributed by atoms with E-state index in [9.17, 15) is 0 Å². The average Bonchev–Trinajstić information content (AvgIpc) is 2.70. The van der Waals surface area contributed by atoms with Gasteiger partial charge in [-0.3, -0.25) is 0 Å². The molecule has 0 amide bonds. The fourth-order valence-electron chi connectivity index (χ4n) is 1.47. The number of anilines is 1. The second-order valence-electron chi connectivity index (χ2n) is 3.20. The van der Waals surface area contributed by atoms with Crippen molar-refractivity contribution in [1.29, 1.82) is 0 Å². The van der Waals surface area contributed by atoms with Crippen LogP contribution in [0.4, 0.5) is 5.82 Å². The summed E-state index contributed by atoms with van der Waals surface area (Å²) in [7, 11) is 3.16. The van der Waals surface area contributed by atoms with Gasteiger partial charge in [0.2, 0.25) is 5.88 Å². The van der Waals surface area contributed by atoms with Gasteiger partial charge >= 0.3 is 0 Å². The first-order valence-corrected chi connectivity index (χ1v) is 4.79. The number of hydrogen-bond donors (Lipinski definition) is 1. The van der Waals surface area contributed by atoms with Gasteiger partial charge in [0.15, 0.2) is 0 Å². The summed E-state index contributed by atoms with van der Waals surface area (Å²) in [6.45, 7) is 0. The van der Waals surface area contributed by atoms with Gasteiger partial charge in [0, 0.05) is 6.07 Å². The fraction of sp³-hybridized carbons (Fsp3) is 0.182. The van der Waals surface area contributed by atoms with E-state index in [1.807, 2.05) is 24.3 Å². The topological polar surface area (TPSA) is 62.3 Å². The standard InChI is InChI=1S/C11H13N3O2/c1-15-9-6-4-3-5-8(9)14-10(12)7-11(13-14)16-2/h3-7H,12H2,1-2H3. The van der Waals surface area contributed by atoms with E-state index in [4.69, 9.17) is 15.2 Å². The number of rotatable bonds is 3. The van der Waals surface area contributed by atoms with Crippen molar-refractivity contribution >= 4 is 5.82 Å². The van der Waals surface area contributed by atoms with Crippen molar-refractivity contribution in [3.8, 4) is 17.3 Å². The van der Waals surface area contributed by atoms with Gasteiger partial charge in [0.25, 0.3) is 0 Å². The van der Waals surface area contributed by atoms with Crippen LogP contribution in [0.5, 0.6) is 11.6 Å². The maximum absolute atomic E-state index is 5.84. The number of hydrogen-bond acceptors (Lipinski definition) is 4. The Balaban J connectivity index is 2.53. The molecular formula is C11H13N3O2. The van der Waals surface area contributed by atoms with Gasteiger partial charge < -0.3 is 15.2 Å². The van der Waals surface area contributed by atoms with Crippen LogP contribution >= 0.6 is 0 Å². The summed E-state index contributed by atoms with van der Waals surface area (Å²) in [6, 6.07) is 9.17. The predicted molar refractivity (Wildman–Crippen MR) is 61.1 cm³/mol. The van der Waals surface area contributed by atoms with Gasteiger partial charge in [-0.05, 0) is 12.1 Å². The third-order valence-corrected chi connectivity index (χ3v) is 2.24. The minimum absolute atomic E-state index is 0.475.